The van der Waals surface area contributed by atoms with Crippen LogP contribution in [0.25, 0.3) is 0 Å². The zero-order valence-electron chi connectivity index (χ0n) is 25.2. The van der Waals surface area contributed by atoms with Crippen molar-refractivity contribution in [3.8, 4) is 0 Å². The standard InChI is InChI=1S/3C7H8.6C2H6/c3*1-7-5-3-2-4-6-7;6*1-2/h3*2-6H,1H3;6*1-2H3. The van der Waals surface area contributed by atoms with Gasteiger partial charge in [0, 0.05) is 0 Å². The van der Waals surface area contributed by atoms with Crippen LogP contribution in [-0.2, 0) is 0 Å². The van der Waals surface area contributed by atoms with Crippen molar-refractivity contribution in [3.05, 3.63) is 108 Å². The van der Waals surface area contributed by atoms with E-state index in [-0.39, 0.29) is 0 Å². The van der Waals surface area contributed by atoms with Gasteiger partial charge in [-0.2, -0.15) is 0 Å². The van der Waals surface area contributed by atoms with Gasteiger partial charge in [0.1, 0.15) is 0 Å². The molecular formula is C33H60. The second-order valence-electron chi connectivity index (χ2n) is 4.96. The maximum absolute atomic E-state index is 2.08. The minimum absolute atomic E-state index is 1.32. The van der Waals surface area contributed by atoms with Crippen molar-refractivity contribution >= 4 is 0 Å². The van der Waals surface area contributed by atoms with E-state index >= 15 is 0 Å². The van der Waals surface area contributed by atoms with Crippen molar-refractivity contribution in [2.24, 2.45) is 0 Å². The molecule has 0 aliphatic carbocycles. The average molecular weight is 457 g/mol. The highest BCUT2D eigenvalue weighted by atomic mass is 13.8. The number of rotatable bonds is 0. The SMILES string of the molecule is CC.CC.CC.CC.CC.CC.Cc1ccccc1.Cc1ccccc1.Cc1ccccc1. The van der Waals surface area contributed by atoms with Gasteiger partial charge in [0.05, 0.1) is 0 Å². The minimum atomic E-state index is 1.32. The average Bonchev–Trinajstić information content (AvgIpc) is 2.93. The third-order valence-corrected chi connectivity index (χ3v) is 2.82. The van der Waals surface area contributed by atoms with E-state index in [2.05, 4.69) is 57.2 Å². The fourth-order valence-electron chi connectivity index (χ4n) is 1.60. The lowest BCUT2D eigenvalue weighted by atomic mass is 10.2. The Hall–Kier alpha value is -2.34. The molecule has 0 heteroatoms. The van der Waals surface area contributed by atoms with Crippen LogP contribution in [0, 0.1) is 20.8 Å². The Morgan fingerprint density at radius 1 is 0.242 bits per heavy atom. The Morgan fingerprint density at radius 3 is 0.424 bits per heavy atom. The van der Waals surface area contributed by atoms with E-state index in [9.17, 15) is 0 Å². The summed E-state index contributed by atoms with van der Waals surface area (Å²) in [5, 5.41) is 0. The summed E-state index contributed by atoms with van der Waals surface area (Å²) in [6.45, 7) is 30.2. The Kier molecular flexibility index (Phi) is 69.8. The molecule has 0 N–H and O–H groups in total. The first-order valence-corrected chi connectivity index (χ1v) is 13.2. The van der Waals surface area contributed by atoms with Crippen molar-refractivity contribution in [1.29, 1.82) is 0 Å². The van der Waals surface area contributed by atoms with Gasteiger partial charge in [0.2, 0.25) is 0 Å². The quantitative estimate of drug-likeness (QED) is 0.315. The van der Waals surface area contributed by atoms with Crippen molar-refractivity contribution < 1.29 is 0 Å². The molecule has 0 unspecified atom stereocenters. The van der Waals surface area contributed by atoms with Crippen molar-refractivity contribution in [1.82, 2.24) is 0 Å². The Labute approximate surface area is 211 Å². The van der Waals surface area contributed by atoms with E-state index in [1.165, 1.54) is 16.7 Å². The maximum Gasteiger partial charge on any atom is -0.0398 e. The molecular weight excluding hydrogens is 396 g/mol. The van der Waals surface area contributed by atoms with E-state index in [0.29, 0.717) is 0 Å². The predicted octanol–water partition coefficient (Wildman–Crippen LogP) is 12.1. The van der Waals surface area contributed by atoms with E-state index in [4.69, 9.17) is 0 Å². The number of hydrogen-bond acceptors (Lipinski definition) is 0. The van der Waals surface area contributed by atoms with Gasteiger partial charge in [0.15, 0.2) is 0 Å². The Balaban J connectivity index is -0.0000000676. The molecule has 0 atom stereocenters. The van der Waals surface area contributed by atoms with E-state index in [0.717, 1.165) is 0 Å². The van der Waals surface area contributed by atoms with Crippen molar-refractivity contribution in [2.75, 3.05) is 0 Å². The summed E-state index contributed by atoms with van der Waals surface area (Å²) in [6, 6.07) is 30.8. The molecule has 3 rings (SSSR count). The minimum Gasteiger partial charge on any atom is -0.0683 e. The van der Waals surface area contributed by atoms with Gasteiger partial charge in [-0.25, -0.2) is 0 Å². The first-order chi connectivity index (χ1) is 16.2. The molecule has 0 saturated heterocycles. The topological polar surface area (TPSA) is 0 Å². The van der Waals surface area contributed by atoms with E-state index in [1.54, 1.807) is 0 Å². The monoisotopic (exact) mass is 456 g/mol. The van der Waals surface area contributed by atoms with Gasteiger partial charge in [-0.15, -0.1) is 0 Å². The summed E-state index contributed by atoms with van der Waals surface area (Å²) < 4.78 is 0. The van der Waals surface area contributed by atoms with Gasteiger partial charge in [0.25, 0.3) is 0 Å². The molecule has 0 amide bonds. The van der Waals surface area contributed by atoms with Gasteiger partial charge < -0.3 is 0 Å². The lowest BCUT2D eigenvalue weighted by Gasteiger charge is -1.82. The van der Waals surface area contributed by atoms with Crippen LogP contribution < -0.4 is 0 Å². The maximum atomic E-state index is 2.08. The smallest absolute Gasteiger partial charge is 0.0398 e. The van der Waals surface area contributed by atoms with Crippen molar-refractivity contribution in [3.63, 3.8) is 0 Å². The molecule has 0 fully saturated rings. The van der Waals surface area contributed by atoms with Crippen LogP contribution in [0.4, 0.5) is 0 Å². The van der Waals surface area contributed by atoms with Crippen LogP contribution in [0.2, 0.25) is 0 Å². The molecule has 33 heavy (non-hydrogen) atoms. The van der Waals surface area contributed by atoms with Crippen LogP contribution in [0.3, 0.4) is 0 Å². The Morgan fingerprint density at radius 2 is 0.364 bits per heavy atom. The normalized spacial score (nSPS) is 6.64. The molecule has 0 saturated carbocycles. The third-order valence-electron chi connectivity index (χ3n) is 2.82. The number of benzene rings is 3. The van der Waals surface area contributed by atoms with Crippen LogP contribution in [0.5, 0.6) is 0 Å². The predicted molar refractivity (Wildman–Crippen MR) is 162 cm³/mol. The molecule has 0 heterocycles. The van der Waals surface area contributed by atoms with Gasteiger partial charge in [-0.05, 0) is 20.8 Å². The van der Waals surface area contributed by atoms with Gasteiger partial charge in [-0.3, -0.25) is 0 Å². The summed E-state index contributed by atoms with van der Waals surface area (Å²) in [6.07, 6.45) is 0. The Bertz CT molecular complexity index is 479. The summed E-state index contributed by atoms with van der Waals surface area (Å²) >= 11 is 0. The second kappa shape index (κ2) is 51.9. The number of hydrogen-bond donors (Lipinski definition) is 0. The molecule has 0 aliphatic rings. The highest BCUT2D eigenvalue weighted by Gasteiger charge is 1.73. The number of aryl methyl sites for hydroxylation is 3. The van der Waals surface area contributed by atoms with Crippen LogP contribution >= 0.6 is 0 Å². The second-order valence-corrected chi connectivity index (χ2v) is 4.96. The summed E-state index contributed by atoms with van der Waals surface area (Å²) in [5.41, 5.74) is 3.97. The first kappa shape index (κ1) is 44.4. The zero-order valence-corrected chi connectivity index (χ0v) is 25.2. The van der Waals surface area contributed by atoms with E-state index in [1.807, 2.05) is 138 Å². The fraction of sp³-hybridized carbons (Fsp3) is 0.455. The van der Waals surface area contributed by atoms with Gasteiger partial charge in [-0.1, -0.05) is 191 Å². The highest BCUT2D eigenvalue weighted by Crippen LogP contribution is 1.93. The summed E-state index contributed by atoms with van der Waals surface area (Å²) in [4.78, 5) is 0. The van der Waals surface area contributed by atoms with Gasteiger partial charge >= 0.3 is 0 Å². The van der Waals surface area contributed by atoms with E-state index < -0.39 is 0 Å². The molecule has 0 spiro atoms. The molecule has 3 aromatic carbocycles. The third kappa shape index (κ3) is 48.4. The first-order valence-electron chi connectivity index (χ1n) is 13.2. The zero-order chi connectivity index (χ0) is 27.3. The fourth-order valence-corrected chi connectivity index (χ4v) is 1.60. The lowest BCUT2D eigenvalue weighted by Crippen LogP contribution is -1.62. The molecule has 0 aliphatic heterocycles. The molecule has 3 aromatic rings. The van der Waals surface area contributed by atoms with Crippen LogP contribution in [0.1, 0.15) is 99.8 Å². The molecule has 192 valence electrons. The van der Waals surface area contributed by atoms with Crippen molar-refractivity contribution in [2.45, 2.75) is 104 Å². The van der Waals surface area contributed by atoms with Crippen LogP contribution in [-0.4, -0.2) is 0 Å². The molecule has 0 aromatic heterocycles. The summed E-state index contributed by atoms with van der Waals surface area (Å²) in [7, 11) is 0. The molecule has 0 bridgehead atoms. The lowest BCUT2D eigenvalue weighted by molar-refractivity contribution is 1.48. The highest BCUT2D eigenvalue weighted by molar-refractivity contribution is 5.13. The summed E-state index contributed by atoms with van der Waals surface area (Å²) in [5.74, 6) is 0. The molecule has 0 radical (unpaired) electrons. The largest absolute Gasteiger partial charge is 0.0683 e. The van der Waals surface area contributed by atoms with Crippen LogP contribution in [0.15, 0.2) is 91.0 Å². The molecule has 0 nitrogen and oxygen atoms in total.